The van der Waals surface area contributed by atoms with E-state index in [1.165, 1.54) is 0 Å². The highest BCUT2D eigenvalue weighted by Crippen LogP contribution is 2.28. The molecular weight excluding hydrogens is 354 g/mol. The second-order valence-electron chi connectivity index (χ2n) is 6.78. The van der Waals surface area contributed by atoms with Crippen LogP contribution in [0.5, 0.6) is 5.75 Å². The lowest BCUT2D eigenvalue weighted by Gasteiger charge is -2.17. The topological polar surface area (TPSA) is 78.5 Å². The van der Waals surface area contributed by atoms with Gasteiger partial charge in [0.05, 0.1) is 23.4 Å². The lowest BCUT2D eigenvalue weighted by molar-refractivity contribution is 0.0764. The second-order valence-corrected chi connectivity index (χ2v) is 7.18. The minimum atomic E-state index is -0.557. The Kier molecular flexibility index (Phi) is 5.84. The maximum absolute atomic E-state index is 12.8. The standard InChI is InChI=1S/C19H24ClN3O3/c1-3-6-26-18-5-4-13(9-16(18)20)19(25)23-10-14(17(24)11-23)8-15-7-12(2)21-22-15/h4-5,7,9,14,17,24H,3,6,8,10-11H2,1-2H3,(H,21,22)/t14-,17-/m1/s1. The number of ether oxygens (including phenoxy) is 1. The van der Waals surface area contributed by atoms with Crippen molar-refractivity contribution in [1.29, 1.82) is 0 Å². The molecule has 7 heteroatoms. The van der Waals surface area contributed by atoms with Crippen LogP contribution in [0.3, 0.4) is 0 Å². The number of nitrogens with zero attached hydrogens (tertiary/aromatic N) is 2. The Hall–Kier alpha value is -2.05. The van der Waals surface area contributed by atoms with Gasteiger partial charge in [0, 0.05) is 30.3 Å². The lowest BCUT2D eigenvalue weighted by Crippen LogP contribution is -2.29. The lowest BCUT2D eigenvalue weighted by atomic mass is 10.0. The molecular formula is C19H24ClN3O3. The van der Waals surface area contributed by atoms with E-state index in [0.29, 0.717) is 42.5 Å². The third-order valence-corrected chi connectivity index (χ3v) is 4.86. The summed E-state index contributed by atoms with van der Waals surface area (Å²) in [7, 11) is 0. The molecule has 3 rings (SSSR count). The number of hydrogen-bond acceptors (Lipinski definition) is 4. The normalized spacial score (nSPS) is 19.8. The maximum Gasteiger partial charge on any atom is 0.254 e. The van der Waals surface area contributed by atoms with Crippen molar-refractivity contribution in [1.82, 2.24) is 15.1 Å². The third-order valence-electron chi connectivity index (χ3n) is 4.56. The van der Waals surface area contributed by atoms with E-state index in [-0.39, 0.29) is 11.8 Å². The molecule has 0 spiro atoms. The Bertz CT molecular complexity index is 777. The number of rotatable bonds is 6. The number of β-amino-alcohol motifs (C(OH)–C–C–N with tert-alkyl or cyclic N) is 1. The quantitative estimate of drug-likeness (QED) is 0.811. The van der Waals surface area contributed by atoms with Crippen LogP contribution >= 0.6 is 11.6 Å². The molecule has 0 saturated carbocycles. The van der Waals surface area contributed by atoms with Gasteiger partial charge in [0.15, 0.2) is 0 Å². The molecule has 1 aromatic heterocycles. The zero-order valence-corrected chi connectivity index (χ0v) is 15.8. The molecule has 0 bridgehead atoms. The number of H-pyrrole nitrogens is 1. The van der Waals surface area contributed by atoms with Gasteiger partial charge in [-0.1, -0.05) is 18.5 Å². The number of aryl methyl sites for hydroxylation is 1. The summed E-state index contributed by atoms with van der Waals surface area (Å²) in [4.78, 5) is 14.4. The average Bonchev–Trinajstić information content (AvgIpc) is 3.19. The first kappa shape index (κ1) is 18.7. The monoisotopic (exact) mass is 377 g/mol. The van der Waals surface area contributed by atoms with E-state index in [0.717, 1.165) is 17.8 Å². The average molecular weight is 378 g/mol. The molecule has 140 valence electrons. The summed E-state index contributed by atoms with van der Waals surface area (Å²) in [5.74, 6) is 0.427. The number of likely N-dealkylation sites (tertiary alicyclic amines) is 1. The number of aliphatic hydroxyl groups is 1. The van der Waals surface area contributed by atoms with Gasteiger partial charge in [-0.05, 0) is 44.0 Å². The van der Waals surface area contributed by atoms with Crippen molar-refractivity contribution in [2.24, 2.45) is 5.92 Å². The number of benzene rings is 1. The van der Waals surface area contributed by atoms with Crippen LogP contribution in [0.2, 0.25) is 5.02 Å². The van der Waals surface area contributed by atoms with E-state index in [4.69, 9.17) is 16.3 Å². The molecule has 0 unspecified atom stereocenters. The first-order chi connectivity index (χ1) is 12.5. The van der Waals surface area contributed by atoms with Gasteiger partial charge in [-0.15, -0.1) is 0 Å². The van der Waals surface area contributed by atoms with E-state index >= 15 is 0 Å². The van der Waals surface area contributed by atoms with Crippen LogP contribution in [0.15, 0.2) is 24.3 Å². The summed E-state index contributed by atoms with van der Waals surface area (Å²) in [6.45, 7) is 5.36. The van der Waals surface area contributed by atoms with E-state index < -0.39 is 6.10 Å². The van der Waals surface area contributed by atoms with Crippen LogP contribution < -0.4 is 4.74 Å². The predicted octanol–water partition coefficient (Wildman–Crippen LogP) is 2.84. The zero-order chi connectivity index (χ0) is 18.7. The highest BCUT2D eigenvalue weighted by Gasteiger charge is 2.34. The fourth-order valence-corrected chi connectivity index (χ4v) is 3.45. The van der Waals surface area contributed by atoms with Crippen molar-refractivity contribution < 1.29 is 14.6 Å². The Morgan fingerprint density at radius 1 is 1.42 bits per heavy atom. The van der Waals surface area contributed by atoms with Gasteiger partial charge in [0.25, 0.3) is 5.91 Å². The Balaban J connectivity index is 1.65. The van der Waals surface area contributed by atoms with E-state index in [9.17, 15) is 9.90 Å². The van der Waals surface area contributed by atoms with E-state index in [1.54, 1.807) is 23.1 Å². The molecule has 2 aromatic rings. The molecule has 1 saturated heterocycles. The minimum absolute atomic E-state index is 0.0238. The minimum Gasteiger partial charge on any atom is -0.492 e. The van der Waals surface area contributed by atoms with Crippen molar-refractivity contribution in [3.63, 3.8) is 0 Å². The zero-order valence-electron chi connectivity index (χ0n) is 15.0. The molecule has 1 aliphatic heterocycles. The molecule has 2 N–H and O–H groups in total. The molecule has 6 nitrogen and oxygen atoms in total. The van der Waals surface area contributed by atoms with Gasteiger partial charge in [-0.2, -0.15) is 5.10 Å². The Morgan fingerprint density at radius 2 is 2.23 bits per heavy atom. The van der Waals surface area contributed by atoms with Gasteiger partial charge < -0.3 is 14.7 Å². The van der Waals surface area contributed by atoms with Crippen LogP contribution in [0, 0.1) is 12.8 Å². The van der Waals surface area contributed by atoms with Crippen molar-refractivity contribution >= 4 is 17.5 Å². The number of aromatic nitrogens is 2. The number of nitrogens with one attached hydrogen (secondary N) is 1. The fraction of sp³-hybridized carbons (Fsp3) is 0.474. The summed E-state index contributed by atoms with van der Waals surface area (Å²) in [6.07, 6.45) is 0.970. The van der Waals surface area contributed by atoms with Gasteiger partial charge in [0.1, 0.15) is 5.75 Å². The molecule has 1 aromatic carbocycles. The van der Waals surface area contributed by atoms with Crippen LogP contribution in [0.1, 0.15) is 35.1 Å². The number of amides is 1. The largest absolute Gasteiger partial charge is 0.492 e. The number of hydrogen-bond donors (Lipinski definition) is 2. The maximum atomic E-state index is 12.8. The molecule has 0 radical (unpaired) electrons. The fourth-order valence-electron chi connectivity index (χ4n) is 3.21. The van der Waals surface area contributed by atoms with Crippen molar-refractivity contribution in [3.8, 4) is 5.75 Å². The Morgan fingerprint density at radius 3 is 2.88 bits per heavy atom. The number of carbonyl (C=O) groups is 1. The third kappa shape index (κ3) is 4.19. The SMILES string of the molecule is CCCOc1ccc(C(=O)N2C[C@@H](Cc3cc(C)[nH]n3)[C@H](O)C2)cc1Cl. The molecule has 26 heavy (non-hydrogen) atoms. The summed E-state index contributed by atoms with van der Waals surface area (Å²) in [6, 6.07) is 7.04. The van der Waals surface area contributed by atoms with Crippen molar-refractivity contribution in [2.75, 3.05) is 19.7 Å². The summed E-state index contributed by atoms with van der Waals surface area (Å²) in [5, 5.41) is 17.9. The van der Waals surface area contributed by atoms with Crippen molar-refractivity contribution in [3.05, 3.63) is 46.2 Å². The van der Waals surface area contributed by atoms with Gasteiger partial charge in [-0.3, -0.25) is 9.89 Å². The first-order valence-corrected chi connectivity index (χ1v) is 9.26. The number of aromatic amines is 1. The number of aliphatic hydroxyl groups excluding tert-OH is 1. The second kappa shape index (κ2) is 8.10. The molecule has 0 aliphatic carbocycles. The first-order valence-electron chi connectivity index (χ1n) is 8.88. The van der Waals surface area contributed by atoms with E-state index in [1.807, 2.05) is 19.9 Å². The van der Waals surface area contributed by atoms with Gasteiger partial charge in [0.2, 0.25) is 0 Å². The van der Waals surface area contributed by atoms with Gasteiger partial charge in [-0.25, -0.2) is 0 Å². The highest BCUT2D eigenvalue weighted by atomic mass is 35.5. The van der Waals surface area contributed by atoms with Crippen LogP contribution in [-0.2, 0) is 6.42 Å². The summed E-state index contributed by atoms with van der Waals surface area (Å²) < 4.78 is 5.54. The van der Waals surface area contributed by atoms with Crippen molar-refractivity contribution in [2.45, 2.75) is 32.8 Å². The smallest absolute Gasteiger partial charge is 0.254 e. The molecule has 1 amide bonds. The van der Waals surface area contributed by atoms with Crippen LogP contribution in [-0.4, -0.2) is 51.9 Å². The predicted molar refractivity (Wildman–Crippen MR) is 99.7 cm³/mol. The van der Waals surface area contributed by atoms with Crippen LogP contribution in [0.4, 0.5) is 0 Å². The molecule has 1 aliphatic rings. The number of carbonyl (C=O) groups excluding carboxylic acids is 1. The Labute approximate surface area is 158 Å². The summed E-state index contributed by atoms with van der Waals surface area (Å²) in [5.41, 5.74) is 2.39. The molecule has 2 atom stereocenters. The van der Waals surface area contributed by atoms with Gasteiger partial charge >= 0.3 is 0 Å². The van der Waals surface area contributed by atoms with Crippen LogP contribution in [0.25, 0.3) is 0 Å². The number of halogens is 1. The highest BCUT2D eigenvalue weighted by molar-refractivity contribution is 6.32. The molecule has 1 fully saturated rings. The van der Waals surface area contributed by atoms with E-state index in [2.05, 4.69) is 10.2 Å². The molecule has 2 heterocycles. The summed E-state index contributed by atoms with van der Waals surface area (Å²) >= 11 is 6.23.